The molecule has 0 bridgehead atoms. The van der Waals surface area contributed by atoms with Crippen LogP contribution in [0.3, 0.4) is 0 Å². The summed E-state index contributed by atoms with van der Waals surface area (Å²) in [6, 6.07) is 3.31. The summed E-state index contributed by atoms with van der Waals surface area (Å²) in [7, 11) is -3.46. The van der Waals surface area contributed by atoms with Crippen molar-refractivity contribution in [2.24, 2.45) is 0 Å². The molecule has 1 fully saturated rings. The highest BCUT2D eigenvalue weighted by molar-refractivity contribution is 9.11. The number of ether oxygens (including phenoxy) is 1. The van der Waals surface area contributed by atoms with Crippen molar-refractivity contribution in [3.05, 3.63) is 29.4 Å². The lowest BCUT2D eigenvalue weighted by Gasteiger charge is -2.25. The van der Waals surface area contributed by atoms with Crippen LogP contribution in [-0.4, -0.2) is 49.8 Å². The molecule has 0 unspecified atom stereocenters. The van der Waals surface area contributed by atoms with Crippen LogP contribution in [0.5, 0.6) is 0 Å². The Bertz CT molecular complexity index is 569. The number of sulfonamides is 1. The first kappa shape index (κ1) is 16.0. The summed E-state index contributed by atoms with van der Waals surface area (Å²) in [6.07, 6.45) is 1.41. The number of thioether (sulfide) groups is 1. The number of nitrogens with zero attached hydrogens (tertiary/aromatic N) is 2. The van der Waals surface area contributed by atoms with E-state index in [2.05, 4.69) is 27.5 Å². The zero-order valence-electron chi connectivity index (χ0n) is 10.8. The fourth-order valence-electron chi connectivity index (χ4n) is 1.69. The normalized spacial score (nSPS) is 17.1. The van der Waals surface area contributed by atoms with Gasteiger partial charge in [-0.1, -0.05) is 22.5 Å². The van der Waals surface area contributed by atoms with Gasteiger partial charge >= 0.3 is 0 Å². The van der Waals surface area contributed by atoms with E-state index in [1.165, 1.54) is 22.3 Å². The Labute approximate surface area is 131 Å². The van der Waals surface area contributed by atoms with Gasteiger partial charge in [0.1, 0.15) is 4.90 Å². The number of hydrogen-bond donors (Lipinski definition) is 0. The van der Waals surface area contributed by atoms with Crippen molar-refractivity contribution >= 4 is 37.7 Å². The minimum Gasteiger partial charge on any atom is -0.379 e. The summed E-state index contributed by atoms with van der Waals surface area (Å²) in [4.78, 5) is 4.40. The second-order valence-corrected chi connectivity index (χ2v) is 8.21. The van der Waals surface area contributed by atoms with Crippen LogP contribution in [-0.2, 0) is 14.8 Å². The topological polar surface area (TPSA) is 59.5 Å². The van der Waals surface area contributed by atoms with Crippen LogP contribution >= 0.6 is 27.7 Å². The molecule has 8 heteroatoms. The highest BCUT2D eigenvalue weighted by atomic mass is 79.9. The van der Waals surface area contributed by atoms with Crippen molar-refractivity contribution in [1.29, 1.82) is 0 Å². The Balaban J connectivity index is 2.10. The largest absolute Gasteiger partial charge is 0.379 e. The van der Waals surface area contributed by atoms with Crippen molar-refractivity contribution < 1.29 is 13.2 Å². The van der Waals surface area contributed by atoms with Gasteiger partial charge in [0.25, 0.3) is 0 Å². The lowest BCUT2D eigenvalue weighted by molar-refractivity contribution is 0.0730. The minimum atomic E-state index is -3.46. The van der Waals surface area contributed by atoms with Crippen LogP contribution in [0.2, 0.25) is 0 Å². The number of aromatic nitrogens is 1. The third kappa shape index (κ3) is 4.05. The summed E-state index contributed by atoms with van der Waals surface area (Å²) in [5, 5.41) is 0.770. The number of halogens is 1. The third-order valence-electron chi connectivity index (χ3n) is 2.69. The van der Waals surface area contributed by atoms with E-state index in [9.17, 15) is 8.42 Å². The number of rotatable bonds is 5. The SMILES string of the molecule is C=C(Br)CSc1ccc(S(=O)(=O)N2CCOCC2)cn1. The molecular weight excluding hydrogens is 364 g/mol. The van der Waals surface area contributed by atoms with Crippen LogP contribution in [0.25, 0.3) is 0 Å². The van der Waals surface area contributed by atoms with Gasteiger partial charge in [-0.05, 0) is 16.6 Å². The highest BCUT2D eigenvalue weighted by Crippen LogP contribution is 2.22. The second-order valence-electron chi connectivity index (χ2n) is 4.15. The van der Waals surface area contributed by atoms with E-state index in [0.717, 1.165) is 9.51 Å². The van der Waals surface area contributed by atoms with Crippen LogP contribution < -0.4 is 0 Å². The molecule has 0 aliphatic carbocycles. The zero-order chi connectivity index (χ0) is 14.6. The lowest BCUT2D eigenvalue weighted by Crippen LogP contribution is -2.40. The summed E-state index contributed by atoms with van der Waals surface area (Å²) >= 11 is 4.77. The monoisotopic (exact) mass is 378 g/mol. The third-order valence-corrected chi connectivity index (χ3v) is 6.26. The van der Waals surface area contributed by atoms with E-state index in [-0.39, 0.29) is 4.90 Å². The van der Waals surface area contributed by atoms with E-state index < -0.39 is 10.0 Å². The maximum atomic E-state index is 12.4. The van der Waals surface area contributed by atoms with Gasteiger partial charge in [-0.2, -0.15) is 4.31 Å². The molecule has 1 saturated heterocycles. The predicted octanol–water partition coefficient (Wildman–Crippen LogP) is 2.10. The molecule has 2 rings (SSSR count). The molecule has 5 nitrogen and oxygen atoms in total. The molecule has 1 aromatic heterocycles. The number of hydrogen-bond acceptors (Lipinski definition) is 5. The molecule has 20 heavy (non-hydrogen) atoms. The van der Waals surface area contributed by atoms with Gasteiger partial charge in [0.2, 0.25) is 10.0 Å². The molecule has 110 valence electrons. The number of morpholine rings is 1. The first-order chi connectivity index (χ1) is 9.50. The van der Waals surface area contributed by atoms with E-state index >= 15 is 0 Å². The smallest absolute Gasteiger partial charge is 0.244 e. The lowest BCUT2D eigenvalue weighted by atomic mass is 10.5. The fraction of sp³-hybridized carbons (Fsp3) is 0.417. The first-order valence-corrected chi connectivity index (χ1v) is 9.22. The van der Waals surface area contributed by atoms with Crippen molar-refractivity contribution in [2.45, 2.75) is 9.92 Å². The molecule has 1 aliphatic heterocycles. The van der Waals surface area contributed by atoms with Gasteiger partial charge < -0.3 is 4.74 Å². The van der Waals surface area contributed by atoms with Gasteiger partial charge in [-0.15, -0.1) is 11.8 Å². The van der Waals surface area contributed by atoms with Crippen molar-refractivity contribution in [3.8, 4) is 0 Å². The molecule has 0 N–H and O–H groups in total. The maximum Gasteiger partial charge on any atom is 0.244 e. The summed E-state index contributed by atoms with van der Waals surface area (Å²) in [5.41, 5.74) is 0. The molecule has 0 radical (unpaired) electrons. The second kappa shape index (κ2) is 7.04. The Hall–Kier alpha value is -0.410. The zero-order valence-corrected chi connectivity index (χ0v) is 14.0. The van der Waals surface area contributed by atoms with E-state index in [1.54, 1.807) is 12.1 Å². The van der Waals surface area contributed by atoms with Crippen molar-refractivity contribution in [2.75, 3.05) is 32.1 Å². The number of pyridine rings is 1. The molecule has 1 aliphatic rings. The van der Waals surface area contributed by atoms with Crippen LogP contribution in [0.1, 0.15) is 0 Å². The molecule has 1 aromatic rings. The van der Waals surface area contributed by atoms with E-state index in [4.69, 9.17) is 4.74 Å². The highest BCUT2D eigenvalue weighted by Gasteiger charge is 2.26. The first-order valence-electron chi connectivity index (χ1n) is 6.00. The van der Waals surface area contributed by atoms with Gasteiger partial charge in [0.05, 0.1) is 18.2 Å². The average molecular weight is 379 g/mol. The molecule has 0 spiro atoms. The Morgan fingerprint density at radius 3 is 2.70 bits per heavy atom. The van der Waals surface area contributed by atoms with Crippen LogP contribution in [0.15, 0.2) is 39.3 Å². The van der Waals surface area contributed by atoms with Gasteiger partial charge in [-0.3, -0.25) is 0 Å². The van der Waals surface area contributed by atoms with Crippen LogP contribution in [0.4, 0.5) is 0 Å². The van der Waals surface area contributed by atoms with E-state index in [1.807, 2.05) is 0 Å². The molecular formula is C12H15BrN2O3S2. The Morgan fingerprint density at radius 1 is 1.45 bits per heavy atom. The molecule has 0 atom stereocenters. The van der Waals surface area contributed by atoms with Crippen molar-refractivity contribution in [1.82, 2.24) is 9.29 Å². The molecule has 0 aromatic carbocycles. The van der Waals surface area contributed by atoms with Crippen molar-refractivity contribution in [3.63, 3.8) is 0 Å². The molecule has 0 saturated carbocycles. The van der Waals surface area contributed by atoms with Crippen LogP contribution in [0, 0.1) is 0 Å². The summed E-state index contributed by atoms with van der Waals surface area (Å²) < 4.78 is 32.2. The maximum absolute atomic E-state index is 12.4. The van der Waals surface area contributed by atoms with Gasteiger partial charge in [0.15, 0.2) is 0 Å². The van der Waals surface area contributed by atoms with Gasteiger partial charge in [0, 0.05) is 25.0 Å². The summed E-state index contributed by atoms with van der Waals surface area (Å²) in [5.74, 6) is 0.697. The average Bonchev–Trinajstić information content (AvgIpc) is 2.46. The minimum absolute atomic E-state index is 0.224. The fourth-order valence-corrected chi connectivity index (χ4v) is 3.99. The van der Waals surface area contributed by atoms with Gasteiger partial charge in [-0.25, -0.2) is 13.4 Å². The quantitative estimate of drug-likeness (QED) is 0.734. The summed E-state index contributed by atoms with van der Waals surface area (Å²) in [6.45, 7) is 5.40. The standard InChI is InChI=1S/C12H15BrN2O3S2/c1-10(13)9-19-12-3-2-11(8-14-12)20(16,17)15-4-6-18-7-5-15/h2-3,8H,1,4-7,9H2. The van der Waals surface area contributed by atoms with E-state index in [0.29, 0.717) is 32.1 Å². The Morgan fingerprint density at radius 2 is 2.15 bits per heavy atom. The Kier molecular flexibility index (Phi) is 5.62. The predicted molar refractivity (Wildman–Crippen MR) is 82.6 cm³/mol. The molecule has 0 amide bonds. The molecule has 2 heterocycles.